The number of fused-ring (bicyclic) bond motifs is 3. The number of benzene rings is 4. The van der Waals surface area contributed by atoms with E-state index in [9.17, 15) is 0 Å². The molecular formula is C32H29Br2N. The van der Waals surface area contributed by atoms with E-state index in [1.54, 1.807) is 11.1 Å². The molecule has 0 heterocycles. The molecule has 4 aromatic carbocycles. The molecule has 0 N–H and O–H groups in total. The van der Waals surface area contributed by atoms with Crippen LogP contribution in [0.1, 0.15) is 60.6 Å². The Bertz CT molecular complexity index is 1310. The van der Waals surface area contributed by atoms with Crippen molar-refractivity contribution in [2.24, 2.45) is 0 Å². The maximum absolute atomic E-state index is 3.58. The van der Waals surface area contributed by atoms with Gasteiger partial charge in [0.05, 0.1) is 0 Å². The molecule has 0 radical (unpaired) electrons. The Morgan fingerprint density at radius 2 is 1.17 bits per heavy atom. The lowest BCUT2D eigenvalue weighted by atomic mass is 9.77. The summed E-state index contributed by atoms with van der Waals surface area (Å²) in [6.45, 7) is 2.25. The van der Waals surface area contributed by atoms with E-state index in [2.05, 4.69) is 129 Å². The molecule has 1 fully saturated rings. The Morgan fingerprint density at radius 3 is 1.77 bits per heavy atom. The molecule has 7 rings (SSSR count). The molecule has 0 saturated heterocycles. The second-order valence-corrected chi connectivity index (χ2v) is 11.9. The van der Waals surface area contributed by atoms with Gasteiger partial charge >= 0.3 is 0 Å². The van der Waals surface area contributed by atoms with Gasteiger partial charge in [-0.3, -0.25) is 0 Å². The third-order valence-electron chi connectivity index (χ3n) is 7.88. The van der Waals surface area contributed by atoms with E-state index in [-0.39, 0.29) is 0 Å². The Morgan fingerprint density at radius 1 is 0.600 bits per heavy atom. The first-order chi connectivity index (χ1) is 17.1. The first kappa shape index (κ1) is 23.1. The monoisotopic (exact) mass is 585 g/mol. The quantitative estimate of drug-likeness (QED) is 0.230. The lowest BCUT2D eigenvalue weighted by molar-refractivity contribution is 0.527. The van der Waals surface area contributed by atoms with Crippen LogP contribution in [0.2, 0.25) is 0 Å². The van der Waals surface area contributed by atoms with E-state index >= 15 is 0 Å². The first-order valence-electron chi connectivity index (χ1n) is 12.6. The summed E-state index contributed by atoms with van der Waals surface area (Å²) in [6.07, 6.45) is 6.87. The van der Waals surface area contributed by atoms with Crippen LogP contribution in [0.4, 0.5) is 17.1 Å². The SMILES string of the molecule is Cc1cc(N(c2ccc(Br)cc2)c2ccc(Br)cc2)ccc1-c1ccc2c(c1)C1CCCC2CC1. The number of nitrogens with zero attached hydrogens (tertiary/aromatic N) is 1. The Balaban J connectivity index is 1.40. The molecular weight excluding hydrogens is 558 g/mol. The maximum atomic E-state index is 3.58. The van der Waals surface area contributed by atoms with Crippen LogP contribution in [0, 0.1) is 6.92 Å². The standard InChI is InChI=1S/C32H29Br2N/c1-21-19-29(35(27-12-8-25(33)9-13-27)28-14-10-26(34)11-15-28)16-18-30(21)24-7-17-31-22-3-2-4-23(6-5-22)32(31)20-24/h7-20,22-23H,2-6H2,1H3. The molecule has 176 valence electrons. The third kappa shape index (κ3) is 4.49. The molecule has 0 aromatic heterocycles. The van der Waals surface area contributed by atoms with Gasteiger partial charge in [0.15, 0.2) is 0 Å². The van der Waals surface area contributed by atoms with Gasteiger partial charge in [0.25, 0.3) is 0 Å². The molecule has 4 aromatic rings. The van der Waals surface area contributed by atoms with Crippen molar-refractivity contribution in [1.29, 1.82) is 0 Å². The number of anilines is 3. The highest BCUT2D eigenvalue weighted by Crippen LogP contribution is 2.48. The van der Waals surface area contributed by atoms with Crippen LogP contribution in [0.25, 0.3) is 11.1 Å². The first-order valence-corrected chi connectivity index (χ1v) is 14.2. The number of rotatable bonds is 4. The largest absolute Gasteiger partial charge is 0.310 e. The summed E-state index contributed by atoms with van der Waals surface area (Å²) >= 11 is 7.16. The third-order valence-corrected chi connectivity index (χ3v) is 8.94. The average molecular weight is 587 g/mol. The molecule has 0 amide bonds. The Hall–Kier alpha value is -2.36. The maximum Gasteiger partial charge on any atom is 0.0464 e. The van der Waals surface area contributed by atoms with E-state index in [0.717, 1.165) is 32.2 Å². The molecule has 1 nitrogen and oxygen atoms in total. The van der Waals surface area contributed by atoms with Gasteiger partial charge in [-0.2, -0.15) is 0 Å². The highest BCUT2D eigenvalue weighted by Gasteiger charge is 2.30. The van der Waals surface area contributed by atoms with Gasteiger partial charge in [-0.25, -0.2) is 0 Å². The van der Waals surface area contributed by atoms with Crippen molar-refractivity contribution in [3.8, 4) is 11.1 Å². The minimum atomic E-state index is 0.758. The zero-order valence-electron chi connectivity index (χ0n) is 20.0. The van der Waals surface area contributed by atoms with Gasteiger partial charge in [-0.05, 0) is 133 Å². The van der Waals surface area contributed by atoms with Crippen molar-refractivity contribution < 1.29 is 0 Å². The predicted octanol–water partition coefficient (Wildman–Crippen LogP) is 10.8. The molecule has 2 atom stereocenters. The lowest BCUT2D eigenvalue weighted by Gasteiger charge is -2.28. The summed E-state index contributed by atoms with van der Waals surface area (Å²) in [5.74, 6) is 1.54. The van der Waals surface area contributed by atoms with Crippen LogP contribution < -0.4 is 4.90 Å². The molecule has 2 bridgehead atoms. The summed E-state index contributed by atoms with van der Waals surface area (Å²) in [5.41, 5.74) is 10.7. The molecule has 1 saturated carbocycles. The van der Waals surface area contributed by atoms with Crippen molar-refractivity contribution in [1.82, 2.24) is 0 Å². The summed E-state index contributed by atoms with van der Waals surface area (Å²) < 4.78 is 2.17. The summed E-state index contributed by atoms with van der Waals surface area (Å²) in [5, 5.41) is 0. The van der Waals surface area contributed by atoms with Gasteiger partial charge in [-0.1, -0.05) is 62.5 Å². The van der Waals surface area contributed by atoms with Crippen LogP contribution in [0.3, 0.4) is 0 Å². The highest BCUT2D eigenvalue weighted by molar-refractivity contribution is 9.10. The fraction of sp³-hybridized carbons (Fsp3) is 0.250. The van der Waals surface area contributed by atoms with Gasteiger partial charge in [0.2, 0.25) is 0 Å². The fourth-order valence-corrected chi connectivity index (χ4v) is 6.66. The number of hydrogen-bond acceptors (Lipinski definition) is 1. The van der Waals surface area contributed by atoms with E-state index in [1.165, 1.54) is 54.5 Å². The Labute approximate surface area is 225 Å². The molecule has 3 aliphatic rings. The van der Waals surface area contributed by atoms with Crippen LogP contribution in [0.15, 0.2) is 93.9 Å². The fourth-order valence-electron chi connectivity index (χ4n) is 6.13. The zero-order valence-corrected chi connectivity index (χ0v) is 23.1. The number of hydrogen-bond donors (Lipinski definition) is 0. The second-order valence-electron chi connectivity index (χ2n) is 10.0. The molecule has 0 spiro atoms. The van der Waals surface area contributed by atoms with E-state index in [4.69, 9.17) is 0 Å². The van der Waals surface area contributed by atoms with Crippen LogP contribution >= 0.6 is 31.9 Å². The van der Waals surface area contributed by atoms with Gasteiger partial charge in [0.1, 0.15) is 0 Å². The summed E-state index contributed by atoms with van der Waals surface area (Å²) in [6, 6.07) is 31.3. The lowest BCUT2D eigenvalue weighted by Crippen LogP contribution is -2.11. The second kappa shape index (κ2) is 9.59. The predicted molar refractivity (Wildman–Crippen MR) is 155 cm³/mol. The van der Waals surface area contributed by atoms with E-state index in [0.29, 0.717) is 0 Å². The normalized spacial score (nSPS) is 18.7. The van der Waals surface area contributed by atoms with Gasteiger partial charge in [-0.15, -0.1) is 0 Å². The number of halogens is 2. The van der Waals surface area contributed by atoms with Gasteiger partial charge < -0.3 is 4.90 Å². The van der Waals surface area contributed by atoms with Crippen molar-refractivity contribution in [3.05, 3.63) is 111 Å². The van der Waals surface area contributed by atoms with Crippen LogP contribution in [-0.4, -0.2) is 0 Å². The van der Waals surface area contributed by atoms with Crippen LogP contribution in [-0.2, 0) is 0 Å². The number of aryl methyl sites for hydroxylation is 1. The minimum absolute atomic E-state index is 0.758. The van der Waals surface area contributed by atoms with Crippen molar-refractivity contribution in [2.45, 2.75) is 50.9 Å². The highest BCUT2D eigenvalue weighted by atomic mass is 79.9. The van der Waals surface area contributed by atoms with Crippen molar-refractivity contribution in [3.63, 3.8) is 0 Å². The van der Waals surface area contributed by atoms with Crippen LogP contribution in [0.5, 0.6) is 0 Å². The molecule has 3 heteroatoms. The summed E-state index contributed by atoms with van der Waals surface area (Å²) in [4.78, 5) is 2.33. The van der Waals surface area contributed by atoms with Crippen molar-refractivity contribution >= 4 is 48.9 Å². The molecule has 35 heavy (non-hydrogen) atoms. The van der Waals surface area contributed by atoms with Crippen molar-refractivity contribution in [2.75, 3.05) is 4.90 Å². The smallest absolute Gasteiger partial charge is 0.0464 e. The topological polar surface area (TPSA) is 3.24 Å². The average Bonchev–Trinajstić information content (AvgIpc) is 3.22. The van der Waals surface area contributed by atoms with Gasteiger partial charge in [0, 0.05) is 26.0 Å². The molecule has 0 aliphatic heterocycles. The summed E-state index contributed by atoms with van der Waals surface area (Å²) in [7, 11) is 0. The van der Waals surface area contributed by atoms with E-state index in [1.807, 2.05) is 0 Å². The van der Waals surface area contributed by atoms with E-state index < -0.39 is 0 Å². The molecule has 2 unspecified atom stereocenters. The Kier molecular flexibility index (Phi) is 6.32. The zero-order chi connectivity index (χ0) is 23.9. The minimum Gasteiger partial charge on any atom is -0.310 e. The molecule has 3 aliphatic carbocycles.